The Labute approximate surface area is 128 Å². The molecule has 0 aliphatic carbocycles. The molecule has 1 N–H and O–H groups in total. The average molecular weight is 336 g/mol. The topological polar surface area (TPSA) is 89.9 Å². The lowest BCUT2D eigenvalue weighted by atomic mass is 10.1. The molecule has 0 saturated heterocycles. The van der Waals surface area contributed by atoms with Gasteiger partial charge in [-0.2, -0.15) is 8.42 Å². The molecular weight excluding hydrogens is 316 g/mol. The van der Waals surface area contributed by atoms with Crippen LogP contribution in [-0.2, 0) is 25.5 Å². The Morgan fingerprint density at radius 1 is 1.48 bits per heavy atom. The van der Waals surface area contributed by atoms with Gasteiger partial charge in [0.2, 0.25) is 0 Å². The van der Waals surface area contributed by atoms with Gasteiger partial charge in [0.15, 0.2) is 0 Å². The molecule has 120 valence electrons. The van der Waals surface area contributed by atoms with Crippen molar-refractivity contribution in [2.24, 2.45) is 0 Å². The first-order valence-corrected chi connectivity index (χ1v) is 9.15. The predicted molar refractivity (Wildman–Crippen MR) is 80.1 cm³/mol. The van der Waals surface area contributed by atoms with E-state index in [0.29, 0.717) is 24.3 Å². The van der Waals surface area contributed by atoms with Crippen LogP contribution in [0.3, 0.4) is 0 Å². The zero-order valence-electron chi connectivity index (χ0n) is 12.3. The molecule has 1 aromatic rings. The molecule has 1 aromatic heterocycles. The van der Waals surface area contributed by atoms with Crippen LogP contribution in [0.15, 0.2) is 6.07 Å². The molecule has 0 aliphatic heterocycles. The summed E-state index contributed by atoms with van der Waals surface area (Å²) in [5, 5.41) is 9.14. The highest BCUT2D eigenvalue weighted by Gasteiger charge is 2.17. The van der Waals surface area contributed by atoms with Crippen molar-refractivity contribution in [3.05, 3.63) is 21.4 Å². The van der Waals surface area contributed by atoms with Crippen molar-refractivity contribution in [2.45, 2.75) is 32.8 Å². The molecule has 0 aliphatic rings. The maximum atomic E-state index is 11.6. The second-order valence-electron chi connectivity index (χ2n) is 4.58. The van der Waals surface area contributed by atoms with E-state index in [1.165, 1.54) is 11.3 Å². The van der Waals surface area contributed by atoms with Crippen molar-refractivity contribution in [3.63, 3.8) is 0 Å². The van der Waals surface area contributed by atoms with E-state index in [4.69, 9.17) is 14.0 Å². The summed E-state index contributed by atoms with van der Waals surface area (Å²) in [6, 6.07) is 1.75. The molecule has 0 aromatic carbocycles. The fourth-order valence-electron chi connectivity index (χ4n) is 1.78. The summed E-state index contributed by atoms with van der Waals surface area (Å²) in [5.74, 6) is -0.358. The number of carbonyl (C=O) groups excluding carboxylic acids is 1. The number of ether oxygens (including phenoxy) is 1. The monoisotopic (exact) mass is 336 g/mol. The quantitative estimate of drug-likeness (QED) is 0.571. The Hall–Kier alpha value is -0.960. The molecule has 1 atom stereocenters. The molecule has 6 nitrogen and oxygen atoms in total. The van der Waals surface area contributed by atoms with Crippen LogP contribution in [-0.4, -0.2) is 45.1 Å². The lowest BCUT2D eigenvalue weighted by Gasteiger charge is -2.12. The molecule has 8 heteroatoms. The molecule has 1 heterocycles. The van der Waals surface area contributed by atoms with Crippen LogP contribution >= 0.6 is 11.3 Å². The first-order valence-electron chi connectivity index (χ1n) is 6.52. The van der Waals surface area contributed by atoms with E-state index >= 15 is 0 Å². The van der Waals surface area contributed by atoms with E-state index in [0.717, 1.165) is 16.7 Å². The summed E-state index contributed by atoms with van der Waals surface area (Å²) in [6.07, 6.45) is 1.06. The summed E-state index contributed by atoms with van der Waals surface area (Å²) >= 11 is 1.32. The third-order valence-electron chi connectivity index (χ3n) is 2.71. The number of rotatable bonds is 8. The smallest absolute Gasteiger partial charge is 0.348 e. The van der Waals surface area contributed by atoms with Gasteiger partial charge in [-0.1, -0.05) is 0 Å². The highest BCUT2D eigenvalue weighted by Crippen LogP contribution is 2.25. The molecule has 21 heavy (non-hydrogen) atoms. The van der Waals surface area contributed by atoms with Gasteiger partial charge in [0.25, 0.3) is 10.1 Å². The number of carbonyl (C=O) groups is 1. The zero-order chi connectivity index (χ0) is 16.0. The van der Waals surface area contributed by atoms with Gasteiger partial charge in [0.05, 0.1) is 19.5 Å². The van der Waals surface area contributed by atoms with Crippen LogP contribution in [0, 0.1) is 6.92 Å². The van der Waals surface area contributed by atoms with Crippen molar-refractivity contribution in [2.75, 3.05) is 19.5 Å². The Morgan fingerprint density at radius 3 is 2.67 bits per heavy atom. The third kappa shape index (κ3) is 6.13. The first-order chi connectivity index (χ1) is 9.76. The molecule has 0 spiro atoms. The first kappa shape index (κ1) is 18.1. The van der Waals surface area contributed by atoms with Crippen LogP contribution < -0.4 is 0 Å². The normalized spacial score (nSPS) is 13.1. The van der Waals surface area contributed by atoms with Crippen molar-refractivity contribution in [1.29, 1.82) is 0 Å². The molecular formula is C13H20O6S2. The zero-order valence-corrected chi connectivity index (χ0v) is 13.9. The Balaban J connectivity index is 2.68. The van der Waals surface area contributed by atoms with E-state index in [1.807, 2.05) is 6.92 Å². The minimum Gasteiger partial charge on any atom is -0.462 e. The van der Waals surface area contributed by atoms with Gasteiger partial charge in [-0.3, -0.25) is 4.18 Å². The number of hydrogen-bond acceptors (Lipinski definition) is 7. The number of aryl methyl sites for hydroxylation is 2. The van der Waals surface area contributed by atoms with Gasteiger partial charge in [0.1, 0.15) is 11.0 Å². The molecule has 0 saturated carbocycles. The van der Waals surface area contributed by atoms with E-state index in [-0.39, 0.29) is 12.6 Å². The second kappa shape index (κ2) is 7.88. The molecule has 0 radical (unpaired) electrons. The van der Waals surface area contributed by atoms with Gasteiger partial charge in [-0.05, 0) is 38.3 Å². The Morgan fingerprint density at radius 2 is 2.14 bits per heavy atom. The lowest BCUT2D eigenvalue weighted by Crippen LogP contribution is -2.22. The predicted octanol–water partition coefficient (Wildman–Crippen LogP) is 1.50. The molecule has 0 unspecified atom stereocenters. The lowest BCUT2D eigenvalue weighted by molar-refractivity contribution is 0.0532. The van der Waals surface area contributed by atoms with Crippen molar-refractivity contribution < 1.29 is 27.2 Å². The number of hydrogen-bond donors (Lipinski definition) is 1. The fraction of sp³-hybridized carbons (Fsp3) is 0.615. The van der Waals surface area contributed by atoms with Crippen molar-refractivity contribution >= 4 is 27.4 Å². The van der Waals surface area contributed by atoms with E-state index in [1.54, 1.807) is 13.0 Å². The summed E-state index contributed by atoms with van der Waals surface area (Å²) in [5.41, 5.74) is 0.944. The Bertz CT molecular complexity index is 575. The largest absolute Gasteiger partial charge is 0.462 e. The third-order valence-corrected chi connectivity index (χ3v) is 4.60. The highest BCUT2D eigenvalue weighted by atomic mass is 32.2. The summed E-state index contributed by atoms with van der Waals surface area (Å²) in [6.45, 7) is 3.57. The van der Waals surface area contributed by atoms with Gasteiger partial charge >= 0.3 is 5.97 Å². The van der Waals surface area contributed by atoms with Crippen LogP contribution in [0.25, 0.3) is 0 Å². The maximum absolute atomic E-state index is 11.6. The SMILES string of the molecule is CCOC(=O)c1cc(C)c(CC[C@@H](CO)OS(C)(=O)=O)s1. The minimum absolute atomic E-state index is 0.319. The van der Waals surface area contributed by atoms with E-state index in [2.05, 4.69) is 0 Å². The Kier molecular flexibility index (Phi) is 6.79. The molecule has 1 rings (SSSR count). The molecule has 0 fully saturated rings. The number of esters is 1. The standard InChI is InChI=1S/C13H20O6S2/c1-4-18-13(15)12-7-9(2)11(20-12)6-5-10(8-14)19-21(3,16)17/h7,10,14H,4-6,8H2,1-3H3/t10-/m0/s1. The van der Waals surface area contributed by atoms with Gasteiger partial charge in [-0.25, -0.2) is 4.79 Å². The van der Waals surface area contributed by atoms with Gasteiger partial charge < -0.3 is 9.84 Å². The number of aliphatic hydroxyl groups excluding tert-OH is 1. The average Bonchev–Trinajstić information content (AvgIpc) is 2.75. The van der Waals surface area contributed by atoms with E-state index in [9.17, 15) is 13.2 Å². The van der Waals surface area contributed by atoms with Crippen LogP contribution in [0.1, 0.15) is 33.5 Å². The van der Waals surface area contributed by atoms with E-state index < -0.39 is 16.2 Å². The number of aliphatic hydroxyl groups is 1. The molecule has 0 amide bonds. The maximum Gasteiger partial charge on any atom is 0.348 e. The van der Waals surface area contributed by atoms with Gasteiger partial charge in [0, 0.05) is 4.88 Å². The molecule has 0 bridgehead atoms. The van der Waals surface area contributed by atoms with Crippen molar-refractivity contribution in [3.8, 4) is 0 Å². The second-order valence-corrected chi connectivity index (χ2v) is 7.32. The van der Waals surface area contributed by atoms with Crippen molar-refractivity contribution in [1.82, 2.24) is 0 Å². The fourth-order valence-corrected chi connectivity index (χ4v) is 3.51. The summed E-state index contributed by atoms with van der Waals surface area (Å²) in [7, 11) is -3.60. The van der Waals surface area contributed by atoms with Crippen LogP contribution in [0.5, 0.6) is 0 Å². The summed E-state index contributed by atoms with van der Waals surface area (Å²) < 4.78 is 31.8. The minimum atomic E-state index is -3.60. The summed E-state index contributed by atoms with van der Waals surface area (Å²) in [4.78, 5) is 13.1. The highest BCUT2D eigenvalue weighted by molar-refractivity contribution is 7.86. The number of thiophene rings is 1. The van der Waals surface area contributed by atoms with Gasteiger partial charge in [-0.15, -0.1) is 11.3 Å². The van der Waals surface area contributed by atoms with Crippen LogP contribution in [0.2, 0.25) is 0 Å². The van der Waals surface area contributed by atoms with Crippen LogP contribution in [0.4, 0.5) is 0 Å².